The highest BCUT2D eigenvalue weighted by Crippen LogP contribution is 2.30. The highest BCUT2D eigenvalue weighted by atomic mass is 32.1. The Balaban J connectivity index is 1.39. The van der Waals surface area contributed by atoms with Gasteiger partial charge in [0.25, 0.3) is 0 Å². The van der Waals surface area contributed by atoms with E-state index >= 15 is 0 Å². The quantitative estimate of drug-likeness (QED) is 0.192. The first-order valence-electron chi connectivity index (χ1n) is 16.0. The number of hydrogen-bond donors (Lipinski definition) is 1. The van der Waals surface area contributed by atoms with E-state index in [9.17, 15) is 14.7 Å². The highest BCUT2D eigenvalue weighted by molar-refractivity contribution is 7.09. The van der Waals surface area contributed by atoms with E-state index in [0.717, 1.165) is 22.8 Å². The van der Waals surface area contributed by atoms with Gasteiger partial charge in [-0.05, 0) is 55.9 Å². The molecule has 9 heteroatoms. The van der Waals surface area contributed by atoms with Gasteiger partial charge in [-0.25, -0.2) is 4.98 Å². The van der Waals surface area contributed by atoms with Gasteiger partial charge in [-0.3, -0.25) is 14.5 Å². The van der Waals surface area contributed by atoms with Crippen molar-refractivity contribution < 1.29 is 19.4 Å². The first-order chi connectivity index (χ1) is 21.3. The maximum absolute atomic E-state index is 12.8. The predicted molar refractivity (Wildman–Crippen MR) is 178 cm³/mol. The number of aliphatic carboxylic acids is 1. The first kappa shape index (κ1) is 33.6. The van der Waals surface area contributed by atoms with E-state index < -0.39 is 5.97 Å². The fourth-order valence-electron chi connectivity index (χ4n) is 5.83. The number of aromatic nitrogens is 1. The number of benzene rings is 2. The zero-order valence-electron chi connectivity index (χ0n) is 26.7. The highest BCUT2D eigenvalue weighted by Gasteiger charge is 2.22. The van der Waals surface area contributed by atoms with Crippen LogP contribution in [0.2, 0.25) is 0 Å². The van der Waals surface area contributed by atoms with Gasteiger partial charge >= 0.3 is 5.97 Å². The van der Waals surface area contributed by atoms with Crippen LogP contribution in [0, 0.1) is 0 Å². The monoisotopic (exact) mass is 620 g/mol. The van der Waals surface area contributed by atoms with Crippen LogP contribution in [0.3, 0.4) is 0 Å². The molecule has 2 aromatic carbocycles. The third-order valence-electron chi connectivity index (χ3n) is 8.19. The van der Waals surface area contributed by atoms with Crippen molar-refractivity contribution in [2.45, 2.75) is 78.4 Å². The van der Waals surface area contributed by atoms with Crippen LogP contribution >= 0.6 is 11.3 Å². The molecule has 1 amide bonds. The smallest absolute Gasteiger partial charge is 0.317 e. The predicted octanol–water partition coefficient (Wildman–Crippen LogP) is 6.65. The van der Waals surface area contributed by atoms with Gasteiger partial charge < -0.3 is 19.6 Å². The van der Waals surface area contributed by atoms with Crippen molar-refractivity contribution in [2.24, 2.45) is 0 Å². The summed E-state index contributed by atoms with van der Waals surface area (Å²) in [4.78, 5) is 34.9. The van der Waals surface area contributed by atoms with Crippen LogP contribution in [0.1, 0.15) is 75.4 Å². The Kier molecular flexibility index (Phi) is 12.8. The fraction of sp³-hybridized carbons (Fsp3) is 0.514. The first-order valence-corrected chi connectivity index (χ1v) is 16.8. The average molecular weight is 621 g/mol. The number of carboxylic acids is 1. The van der Waals surface area contributed by atoms with Gasteiger partial charge in [0.2, 0.25) is 5.91 Å². The molecule has 4 rings (SSSR count). The molecule has 1 fully saturated rings. The van der Waals surface area contributed by atoms with Gasteiger partial charge in [0.15, 0.2) is 0 Å². The lowest BCUT2D eigenvalue weighted by Crippen LogP contribution is -2.46. The summed E-state index contributed by atoms with van der Waals surface area (Å²) in [6.45, 7) is 12.1. The molecule has 0 atom stereocenters. The van der Waals surface area contributed by atoms with Crippen molar-refractivity contribution >= 4 is 28.9 Å². The van der Waals surface area contributed by atoms with Crippen molar-refractivity contribution in [3.05, 3.63) is 70.0 Å². The summed E-state index contributed by atoms with van der Waals surface area (Å²) in [5.41, 5.74) is 5.79. The molecule has 238 valence electrons. The van der Waals surface area contributed by atoms with Gasteiger partial charge in [0.1, 0.15) is 5.01 Å². The molecular weight excluding hydrogens is 572 g/mol. The van der Waals surface area contributed by atoms with E-state index in [1.165, 1.54) is 53.8 Å². The number of carbonyl (C=O) groups is 2. The molecule has 0 unspecified atom stereocenters. The Morgan fingerprint density at radius 1 is 0.955 bits per heavy atom. The maximum Gasteiger partial charge on any atom is 0.317 e. The molecular formula is C35H48N4O4S. The number of rotatable bonds is 16. The normalized spacial score (nSPS) is 13.7. The lowest BCUT2D eigenvalue weighted by atomic mass is 9.90. The fourth-order valence-corrected chi connectivity index (χ4v) is 6.68. The molecule has 0 bridgehead atoms. The zero-order valence-corrected chi connectivity index (χ0v) is 27.5. The number of thiazole rings is 1. The largest absolute Gasteiger partial charge is 0.480 e. The summed E-state index contributed by atoms with van der Waals surface area (Å²) in [6.07, 6.45) is 4.90. The molecule has 8 nitrogen and oxygen atoms in total. The lowest BCUT2D eigenvalue weighted by Gasteiger charge is -2.30. The van der Waals surface area contributed by atoms with Gasteiger partial charge in [-0.2, -0.15) is 0 Å². The number of carboxylic acid groups (broad SMARTS) is 1. The Bertz CT molecular complexity index is 1310. The molecule has 3 aromatic rings. The van der Waals surface area contributed by atoms with Crippen molar-refractivity contribution in [1.82, 2.24) is 14.8 Å². The van der Waals surface area contributed by atoms with Gasteiger partial charge in [-0.15, -0.1) is 11.3 Å². The number of carbonyl (C=O) groups excluding carboxylic acids is 1. The molecule has 1 saturated heterocycles. The van der Waals surface area contributed by atoms with Crippen LogP contribution in [0.5, 0.6) is 0 Å². The minimum atomic E-state index is -0.962. The van der Waals surface area contributed by atoms with Crippen LogP contribution in [-0.2, 0) is 27.4 Å². The average Bonchev–Trinajstić information content (AvgIpc) is 3.48. The Hall–Kier alpha value is -3.27. The molecule has 0 spiro atoms. The Morgan fingerprint density at radius 2 is 1.61 bits per heavy atom. The topological polar surface area (TPSA) is 86.2 Å². The second-order valence-corrected chi connectivity index (χ2v) is 12.9. The maximum atomic E-state index is 12.8. The van der Waals surface area contributed by atoms with Crippen LogP contribution in [-0.4, -0.2) is 77.2 Å². The minimum Gasteiger partial charge on any atom is -0.480 e. The van der Waals surface area contributed by atoms with Crippen molar-refractivity contribution in [1.29, 1.82) is 0 Å². The second kappa shape index (κ2) is 16.7. The number of hydrogen-bond acceptors (Lipinski definition) is 7. The summed E-state index contributed by atoms with van der Waals surface area (Å²) < 4.78 is 5.33. The number of amides is 1. The molecule has 0 radical (unpaired) electrons. The molecule has 1 aliphatic heterocycles. The zero-order chi connectivity index (χ0) is 31.5. The Morgan fingerprint density at radius 3 is 2.20 bits per heavy atom. The molecule has 1 N–H and O–H groups in total. The van der Waals surface area contributed by atoms with Crippen molar-refractivity contribution in [2.75, 3.05) is 44.3 Å². The molecule has 44 heavy (non-hydrogen) atoms. The summed E-state index contributed by atoms with van der Waals surface area (Å²) in [7, 11) is 0. The summed E-state index contributed by atoms with van der Waals surface area (Å²) >= 11 is 1.49. The standard InChI is InChI=1S/C35H48N4O4S/c1-5-7-28(8-6-2)29-13-15-31(16-14-29)39(26(3)4)21-27-9-11-30(12-10-27)32-25-44-33(36-32)22-37(24-35(41)42)23-34(40)38-17-19-43-20-18-38/h9-16,25-26,28H,5-8,17-24H2,1-4H3,(H,41,42). The van der Waals surface area contributed by atoms with Gasteiger partial charge in [0, 0.05) is 42.3 Å². The second-order valence-electron chi connectivity index (χ2n) is 11.9. The summed E-state index contributed by atoms with van der Waals surface area (Å²) in [6, 6.07) is 18.1. The van der Waals surface area contributed by atoms with E-state index in [1.54, 1.807) is 9.80 Å². The van der Waals surface area contributed by atoms with Crippen LogP contribution in [0.15, 0.2) is 53.9 Å². The van der Waals surface area contributed by atoms with Crippen molar-refractivity contribution in [3.8, 4) is 11.3 Å². The van der Waals surface area contributed by atoms with Crippen LogP contribution in [0.25, 0.3) is 11.3 Å². The SMILES string of the molecule is CCCC(CCC)c1ccc(N(Cc2ccc(-c3csc(CN(CC(=O)O)CC(=O)N4CCOCC4)n3)cc2)C(C)C)cc1. The molecule has 1 aromatic heterocycles. The number of morpholine rings is 1. The third kappa shape index (κ3) is 9.61. The lowest BCUT2D eigenvalue weighted by molar-refractivity contribution is -0.141. The van der Waals surface area contributed by atoms with E-state index in [0.29, 0.717) is 44.8 Å². The minimum absolute atomic E-state index is 0.0447. The molecule has 1 aliphatic rings. The summed E-state index contributed by atoms with van der Waals surface area (Å²) in [5.74, 6) is -0.399. The van der Waals surface area contributed by atoms with E-state index in [4.69, 9.17) is 9.72 Å². The van der Waals surface area contributed by atoms with E-state index in [2.05, 4.69) is 81.1 Å². The summed E-state index contributed by atoms with van der Waals surface area (Å²) in [5, 5.41) is 12.2. The molecule has 0 aliphatic carbocycles. The van der Waals surface area contributed by atoms with Gasteiger partial charge in [-0.1, -0.05) is 63.1 Å². The Labute approximate surface area is 266 Å². The number of nitrogens with zero attached hydrogens (tertiary/aromatic N) is 4. The molecule has 2 heterocycles. The van der Waals surface area contributed by atoms with Crippen molar-refractivity contribution in [3.63, 3.8) is 0 Å². The molecule has 0 saturated carbocycles. The van der Waals surface area contributed by atoms with E-state index in [1.807, 2.05) is 5.38 Å². The van der Waals surface area contributed by atoms with Crippen LogP contribution in [0.4, 0.5) is 5.69 Å². The number of anilines is 1. The van der Waals surface area contributed by atoms with Gasteiger partial charge in [0.05, 0.1) is 38.5 Å². The van der Waals surface area contributed by atoms with Crippen LogP contribution < -0.4 is 4.90 Å². The third-order valence-corrected chi connectivity index (χ3v) is 9.02. The number of ether oxygens (including phenoxy) is 1. The van der Waals surface area contributed by atoms with E-state index in [-0.39, 0.29) is 19.0 Å².